The lowest BCUT2D eigenvalue weighted by Crippen LogP contribution is -2.36. The van der Waals surface area contributed by atoms with Gasteiger partial charge in [-0.2, -0.15) is 5.10 Å². The van der Waals surface area contributed by atoms with Gasteiger partial charge in [-0.15, -0.1) is 0 Å². The van der Waals surface area contributed by atoms with Crippen molar-refractivity contribution in [3.63, 3.8) is 0 Å². The largest absolute Gasteiger partial charge is 0.380 e. The van der Waals surface area contributed by atoms with Gasteiger partial charge in [-0.1, -0.05) is 0 Å². The van der Waals surface area contributed by atoms with E-state index in [-0.39, 0.29) is 0 Å². The van der Waals surface area contributed by atoms with Gasteiger partial charge in [0, 0.05) is 50.5 Å². The Labute approximate surface area is 127 Å². The van der Waals surface area contributed by atoms with E-state index in [0.29, 0.717) is 5.92 Å². The van der Waals surface area contributed by atoms with E-state index in [2.05, 4.69) is 22.7 Å². The van der Waals surface area contributed by atoms with Crippen LogP contribution in [0, 0.1) is 11.8 Å². The molecule has 1 aromatic heterocycles. The lowest BCUT2D eigenvalue weighted by Gasteiger charge is -2.31. The number of ether oxygens (including phenoxy) is 1. The molecule has 0 amide bonds. The summed E-state index contributed by atoms with van der Waals surface area (Å²) >= 11 is 0. The van der Waals surface area contributed by atoms with Crippen LogP contribution in [0.1, 0.15) is 49.8 Å². The first kappa shape index (κ1) is 13.8. The Kier molecular flexibility index (Phi) is 3.76. The average Bonchev–Trinajstić information content (AvgIpc) is 3.39. The molecule has 2 fully saturated rings. The summed E-state index contributed by atoms with van der Waals surface area (Å²) in [6, 6.07) is 0. The molecule has 4 rings (SSSR count). The van der Waals surface area contributed by atoms with Crippen molar-refractivity contribution in [1.29, 1.82) is 0 Å². The Bertz CT molecular complexity index is 490. The number of nitrogens with zero attached hydrogens (tertiary/aromatic N) is 3. The molecule has 2 heterocycles. The van der Waals surface area contributed by atoms with Crippen molar-refractivity contribution in [2.24, 2.45) is 11.8 Å². The normalized spacial score (nSPS) is 26.0. The Morgan fingerprint density at radius 3 is 2.71 bits per heavy atom. The molecular weight excluding hydrogens is 262 g/mol. The minimum atomic E-state index is 0.471. The lowest BCUT2D eigenvalue weighted by molar-refractivity contribution is 0.0886. The van der Waals surface area contributed by atoms with E-state index in [1.807, 2.05) is 0 Å². The molecule has 2 saturated carbocycles. The van der Waals surface area contributed by atoms with Crippen molar-refractivity contribution in [3.8, 4) is 0 Å². The minimum Gasteiger partial charge on any atom is -0.380 e. The second-order valence-corrected chi connectivity index (χ2v) is 7.21. The summed E-state index contributed by atoms with van der Waals surface area (Å²) in [5.74, 6) is 2.28. The highest BCUT2D eigenvalue weighted by molar-refractivity contribution is 5.24. The van der Waals surface area contributed by atoms with E-state index in [1.165, 1.54) is 43.5 Å². The predicted molar refractivity (Wildman–Crippen MR) is 82.2 cm³/mol. The first-order valence-electron chi connectivity index (χ1n) is 8.68. The molecule has 0 N–H and O–H groups in total. The first-order valence-corrected chi connectivity index (χ1v) is 8.68. The topological polar surface area (TPSA) is 30.3 Å². The molecule has 1 atom stereocenters. The van der Waals surface area contributed by atoms with Gasteiger partial charge in [0.2, 0.25) is 0 Å². The maximum atomic E-state index is 5.99. The van der Waals surface area contributed by atoms with Crippen molar-refractivity contribution in [2.75, 3.05) is 26.3 Å². The Morgan fingerprint density at radius 1 is 1.19 bits per heavy atom. The van der Waals surface area contributed by atoms with Crippen LogP contribution >= 0.6 is 0 Å². The fourth-order valence-electron chi connectivity index (χ4n) is 3.41. The molecule has 0 radical (unpaired) electrons. The molecule has 3 aliphatic rings. The quantitative estimate of drug-likeness (QED) is 0.773. The monoisotopic (exact) mass is 289 g/mol. The van der Waals surface area contributed by atoms with Gasteiger partial charge in [0.1, 0.15) is 0 Å². The Balaban J connectivity index is 1.44. The van der Waals surface area contributed by atoms with Gasteiger partial charge < -0.3 is 4.74 Å². The van der Waals surface area contributed by atoms with E-state index in [0.717, 1.165) is 44.7 Å². The fourth-order valence-corrected chi connectivity index (χ4v) is 3.41. The highest BCUT2D eigenvalue weighted by Gasteiger charge is 2.32. The second kappa shape index (κ2) is 5.73. The molecule has 1 aromatic rings. The van der Waals surface area contributed by atoms with Gasteiger partial charge in [-0.3, -0.25) is 9.58 Å². The van der Waals surface area contributed by atoms with Crippen LogP contribution in [0.4, 0.5) is 0 Å². The standard InChI is InChI=1S/C17H27N3O/c1-2-20-10-15-8-19(7-13-3-4-13)9-16(17(15)18-20)12-21-11-14-5-6-14/h10,13-14,16H,2-9,11-12H2,1H3/t16-/m1/s1. The van der Waals surface area contributed by atoms with Gasteiger partial charge in [0.15, 0.2) is 0 Å². The van der Waals surface area contributed by atoms with Crippen LogP contribution in [0.15, 0.2) is 6.20 Å². The Hall–Kier alpha value is -0.870. The van der Waals surface area contributed by atoms with Crippen molar-refractivity contribution < 1.29 is 4.74 Å². The molecule has 0 bridgehead atoms. The molecule has 0 unspecified atom stereocenters. The summed E-state index contributed by atoms with van der Waals surface area (Å²) in [6.45, 7) is 8.44. The summed E-state index contributed by atoms with van der Waals surface area (Å²) in [5.41, 5.74) is 2.74. The zero-order valence-corrected chi connectivity index (χ0v) is 13.1. The van der Waals surface area contributed by atoms with E-state index in [1.54, 1.807) is 0 Å². The third-order valence-electron chi connectivity index (χ3n) is 5.04. The smallest absolute Gasteiger partial charge is 0.0736 e. The highest BCUT2D eigenvalue weighted by atomic mass is 16.5. The Morgan fingerprint density at radius 2 is 2.00 bits per heavy atom. The number of hydrogen-bond donors (Lipinski definition) is 0. The molecule has 0 spiro atoms. The molecular formula is C17H27N3O. The predicted octanol–water partition coefficient (Wildman–Crippen LogP) is 2.64. The number of rotatable bonds is 7. The van der Waals surface area contributed by atoms with Crippen LogP contribution in [-0.2, 0) is 17.8 Å². The van der Waals surface area contributed by atoms with Gasteiger partial charge in [-0.05, 0) is 44.4 Å². The van der Waals surface area contributed by atoms with Gasteiger partial charge in [0.25, 0.3) is 0 Å². The number of aromatic nitrogens is 2. The molecule has 116 valence electrons. The number of fused-ring (bicyclic) bond motifs is 1. The molecule has 4 nitrogen and oxygen atoms in total. The summed E-state index contributed by atoms with van der Waals surface area (Å²) in [4.78, 5) is 2.63. The third kappa shape index (κ3) is 3.32. The maximum Gasteiger partial charge on any atom is 0.0736 e. The van der Waals surface area contributed by atoms with Crippen molar-refractivity contribution in [3.05, 3.63) is 17.5 Å². The third-order valence-corrected chi connectivity index (χ3v) is 5.04. The van der Waals surface area contributed by atoms with Gasteiger partial charge in [-0.25, -0.2) is 0 Å². The average molecular weight is 289 g/mol. The van der Waals surface area contributed by atoms with E-state index >= 15 is 0 Å². The summed E-state index contributed by atoms with van der Waals surface area (Å²) in [6.07, 6.45) is 7.85. The fraction of sp³-hybridized carbons (Fsp3) is 0.824. The van der Waals surface area contributed by atoms with Crippen molar-refractivity contribution >= 4 is 0 Å². The van der Waals surface area contributed by atoms with E-state index in [9.17, 15) is 0 Å². The van der Waals surface area contributed by atoms with Crippen LogP contribution in [0.5, 0.6) is 0 Å². The molecule has 21 heavy (non-hydrogen) atoms. The van der Waals surface area contributed by atoms with Crippen LogP contribution < -0.4 is 0 Å². The zero-order valence-electron chi connectivity index (χ0n) is 13.1. The summed E-state index contributed by atoms with van der Waals surface area (Å²) < 4.78 is 8.09. The SMILES string of the molecule is CCn1cc2c(n1)[C@@H](COCC1CC1)CN(CC1CC1)C2. The lowest BCUT2D eigenvalue weighted by atomic mass is 9.97. The maximum absolute atomic E-state index is 5.99. The van der Waals surface area contributed by atoms with E-state index < -0.39 is 0 Å². The first-order chi connectivity index (χ1) is 10.3. The van der Waals surface area contributed by atoms with Crippen LogP contribution in [0.25, 0.3) is 0 Å². The number of hydrogen-bond acceptors (Lipinski definition) is 3. The molecule has 2 aliphatic carbocycles. The minimum absolute atomic E-state index is 0.471. The number of aryl methyl sites for hydroxylation is 1. The molecule has 0 aromatic carbocycles. The summed E-state index contributed by atoms with van der Waals surface area (Å²) in [7, 11) is 0. The van der Waals surface area contributed by atoms with Gasteiger partial charge >= 0.3 is 0 Å². The molecule has 0 saturated heterocycles. The van der Waals surface area contributed by atoms with Crippen LogP contribution in [0.2, 0.25) is 0 Å². The van der Waals surface area contributed by atoms with Crippen molar-refractivity contribution in [2.45, 2.75) is 51.6 Å². The molecule has 1 aliphatic heterocycles. The highest BCUT2D eigenvalue weighted by Crippen LogP contribution is 2.34. The zero-order chi connectivity index (χ0) is 14.2. The molecule has 4 heteroatoms. The summed E-state index contributed by atoms with van der Waals surface area (Å²) in [5, 5.41) is 4.80. The van der Waals surface area contributed by atoms with Crippen LogP contribution in [0.3, 0.4) is 0 Å². The van der Waals surface area contributed by atoms with E-state index in [4.69, 9.17) is 9.84 Å². The van der Waals surface area contributed by atoms with Gasteiger partial charge in [0.05, 0.1) is 12.3 Å². The second-order valence-electron chi connectivity index (χ2n) is 7.21. The van der Waals surface area contributed by atoms with Crippen LogP contribution in [-0.4, -0.2) is 41.0 Å². The van der Waals surface area contributed by atoms with Crippen molar-refractivity contribution in [1.82, 2.24) is 14.7 Å².